The van der Waals surface area contributed by atoms with Gasteiger partial charge in [0.2, 0.25) is 0 Å². The number of carbonyl (C=O) groups is 1. The Balaban J connectivity index is 2.00. The van der Waals surface area contributed by atoms with Crippen molar-refractivity contribution >= 4 is 5.97 Å². The van der Waals surface area contributed by atoms with Crippen LogP contribution in [0.15, 0.2) is 24.3 Å². The first-order chi connectivity index (χ1) is 7.21. The van der Waals surface area contributed by atoms with E-state index in [-0.39, 0.29) is 5.92 Å². The summed E-state index contributed by atoms with van der Waals surface area (Å²) in [5.74, 6) is -0.394. The lowest BCUT2D eigenvalue weighted by atomic mass is 9.87. The molecule has 2 aliphatic rings. The molecule has 1 N–H and O–H groups in total. The Morgan fingerprint density at radius 2 is 2.13 bits per heavy atom. The van der Waals surface area contributed by atoms with E-state index >= 15 is 0 Å². The van der Waals surface area contributed by atoms with Gasteiger partial charge in [0.1, 0.15) is 0 Å². The molecule has 0 saturated heterocycles. The van der Waals surface area contributed by atoms with Crippen molar-refractivity contribution in [2.75, 3.05) is 0 Å². The van der Waals surface area contributed by atoms with Crippen molar-refractivity contribution in [1.82, 2.24) is 0 Å². The summed E-state index contributed by atoms with van der Waals surface area (Å²) in [5.41, 5.74) is 2.99. The van der Waals surface area contributed by atoms with Gasteiger partial charge in [-0.1, -0.05) is 24.3 Å². The minimum Gasteiger partial charge on any atom is -0.481 e. The molecule has 1 aromatic carbocycles. The van der Waals surface area contributed by atoms with Gasteiger partial charge in [-0.2, -0.15) is 0 Å². The van der Waals surface area contributed by atoms with Crippen LogP contribution in [-0.2, 0) is 11.2 Å². The van der Waals surface area contributed by atoms with Crippen molar-refractivity contribution in [3.05, 3.63) is 35.4 Å². The van der Waals surface area contributed by atoms with Crippen molar-refractivity contribution in [3.63, 3.8) is 0 Å². The van der Waals surface area contributed by atoms with Gasteiger partial charge < -0.3 is 5.11 Å². The van der Waals surface area contributed by atoms with Crippen LogP contribution >= 0.6 is 0 Å². The zero-order chi connectivity index (χ0) is 10.5. The van der Waals surface area contributed by atoms with Crippen LogP contribution < -0.4 is 0 Å². The SMILES string of the molecule is O=C(O)C[C@@H]1c2ccccc2CC12CC2. The van der Waals surface area contributed by atoms with Crippen LogP contribution in [0.2, 0.25) is 0 Å². The number of benzene rings is 1. The summed E-state index contributed by atoms with van der Waals surface area (Å²) in [7, 11) is 0. The van der Waals surface area contributed by atoms with Gasteiger partial charge in [0.05, 0.1) is 6.42 Å². The molecule has 0 aromatic heterocycles. The number of hydrogen-bond acceptors (Lipinski definition) is 1. The summed E-state index contributed by atoms with van der Waals surface area (Å²) >= 11 is 0. The van der Waals surface area contributed by atoms with Crippen molar-refractivity contribution < 1.29 is 9.90 Å². The summed E-state index contributed by atoms with van der Waals surface area (Å²) in [6.45, 7) is 0. The topological polar surface area (TPSA) is 37.3 Å². The first-order valence-corrected chi connectivity index (χ1v) is 5.51. The predicted molar refractivity (Wildman–Crippen MR) is 56.8 cm³/mol. The lowest BCUT2D eigenvalue weighted by Crippen LogP contribution is -2.13. The number of carboxylic acid groups (broad SMARTS) is 1. The maximum atomic E-state index is 10.9. The Hall–Kier alpha value is -1.31. The van der Waals surface area contributed by atoms with E-state index in [4.69, 9.17) is 5.11 Å². The highest BCUT2D eigenvalue weighted by atomic mass is 16.4. The monoisotopic (exact) mass is 202 g/mol. The molecule has 1 saturated carbocycles. The lowest BCUT2D eigenvalue weighted by molar-refractivity contribution is -0.137. The number of aliphatic carboxylic acids is 1. The van der Waals surface area contributed by atoms with Crippen molar-refractivity contribution in [2.24, 2.45) is 5.41 Å². The maximum Gasteiger partial charge on any atom is 0.303 e. The van der Waals surface area contributed by atoms with Crippen molar-refractivity contribution in [3.8, 4) is 0 Å². The van der Waals surface area contributed by atoms with E-state index in [2.05, 4.69) is 18.2 Å². The summed E-state index contributed by atoms with van der Waals surface area (Å²) in [4.78, 5) is 10.9. The molecule has 1 fully saturated rings. The standard InChI is InChI=1S/C13H14O2/c14-12(15)7-11-10-4-2-1-3-9(10)8-13(11)5-6-13/h1-4,11H,5-8H2,(H,14,15)/t11-/m1/s1. The normalized spacial score (nSPS) is 25.2. The largest absolute Gasteiger partial charge is 0.481 e. The quantitative estimate of drug-likeness (QED) is 0.800. The first-order valence-electron chi connectivity index (χ1n) is 5.51. The molecule has 1 atom stereocenters. The Morgan fingerprint density at radius 1 is 1.40 bits per heavy atom. The third-order valence-electron chi connectivity index (χ3n) is 3.98. The molecule has 1 aromatic rings. The third kappa shape index (κ3) is 1.28. The molecule has 15 heavy (non-hydrogen) atoms. The minimum atomic E-state index is -0.664. The van der Waals surface area contributed by atoms with E-state index in [0.717, 1.165) is 6.42 Å². The molecule has 2 aliphatic carbocycles. The molecule has 2 heteroatoms. The van der Waals surface area contributed by atoms with Crippen molar-refractivity contribution in [1.29, 1.82) is 0 Å². The molecular weight excluding hydrogens is 188 g/mol. The van der Waals surface area contributed by atoms with Crippen LogP contribution in [0, 0.1) is 5.41 Å². The zero-order valence-corrected chi connectivity index (χ0v) is 8.57. The first kappa shape index (κ1) is 8.96. The fourth-order valence-electron chi connectivity index (χ4n) is 3.05. The molecule has 0 radical (unpaired) electrons. The molecule has 1 spiro atoms. The Kier molecular flexibility index (Phi) is 1.70. The highest BCUT2D eigenvalue weighted by Crippen LogP contribution is 2.63. The average Bonchev–Trinajstić information content (AvgIpc) is 2.89. The Labute approximate surface area is 88.9 Å². The van der Waals surface area contributed by atoms with Gasteiger partial charge in [-0.25, -0.2) is 0 Å². The molecule has 0 heterocycles. The third-order valence-corrected chi connectivity index (χ3v) is 3.98. The van der Waals surface area contributed by atoms with Crippen LogP contribution in [0.4, 0.5) is 0 Å². The predicted octanol–water partition coefficient (Wildman–Crippen LogP) is 2.58. The molecule has 2 nitrogen and oxygen atoms in total. The van der Waals surface area contributed by atoms with Crippen LogP contribution in [-0.4, -0.2) is 11.1 Å². The van der Waals surface area contributed by atoms with E-state index in [1.165, 1.54) is 24.0 Å². The molecule has 3 rings (SSSR count). The van der Waals surface area contributed by atoms with Gasteiger partial charge in [0, 0.05) is 5.92 Å². The van der Waals surface area contributed by atoms with Gasteiger partial charge in [0.15, 0.2) is 0 Å². The van der Waals surface area contributed by atoms with Crippen LogP contribution in [0.1, 0.15) is 36.3 Å². The number of rotatable bonds is 2. The number of fused-ring (bicyclic) bond motifs is 1. The summed E-state index contributed by atoms with van der Waals surface area (Å²) in [5, 5.41) is 8.96. The van der Waals surface area contributed by atoms with Gasteiger partial charge in [-0.3, -0.25) is 4.79 Å². The second-order valence-electron chi connectivity index (χ2n) is 4.89. The second kappa shape index (κ2) is 2.84. The highest BCUT2D eigenvalue weighted by molar-refractivity contribution is 5.69. The highest BCUT2D eigenvalue weighted by Gasteiger charge is 2.54. The number of hydrogen-bond donors (Lipinski definition) is 1. The van der Waals surface area contributed by atoms with E-state index in [9.17, 15) is 4.79 Å². The van der Waals surface area contributed by atoms with Crippen LogP contribution in [0.5, 0.6) is 0 Å². The van der Waals surface area contributed by atoms with E-state index in [1.807, 2.05) is 6.07 Å². The van der Waals surface area contributed by atoms with Gasteiger partial charge >= 0.3 is 5.97 Å². The molecule has 78 valence electrons. The molecule has 0 unspecified atom stereocenters. The molecule has 0 amide bonds. The average molecular weight is 202 g/mol. The van der Waals surface area contributed by atoms with Crippen LogP contribution in [0.25, 0.3) is 0 Å². The number of carboxylic acids is 1. The molecule has 0 aliphatic heterocycles. The smallest absolute Gasteiger partial charge is 0.303 e. The summed E-state index contributed by atoms with van der Waals surface area (Å²) in [6, 6.07) is 8.33. The Bertz CT molecular complexity index is 418. The van der Waals surface area contributed by atoms with E-state index in [1.54, 1.807) is 0 Å². The van der Waals surface area contributed by atoms with Gasteiger partial charge in [-0.05, 0) is 35.8 Å². The summed E-state index contributed by atoms with van der Waals surface area (Å²) < 4.78 is 0. The second-order valence-corrected chi connectivity index (χ2v) is 4.89. The molecular formula is C13H14O2. The van der Waals surface area contributed by atoms with E-state index in [0.29, 0.717) is 11.8 Å². The molecule has 0 bridgehead atoms. The van der Waals surface area contributed by atoms with E-state index < -0.39 is 5.97 Å². The van der Waals surface area contributed by atoms with Gasteiger partial charge in [-0.15, -0.1) is 0 Å². The van der Waals surface area contributed by atoms with Crippen LogP contribution in [0.3, 0.4) is 0 Å². The lowest BCUT2D eigenvalue weighted by Gasteiger charge is -2.16. The maximum absolute atomic E-state index is 10.9. The fourth-order valence-corrected chi connectivity index (χ4v) is 3.05. The Morgan fingerprint density at radius 3 is 2.80 bits per heavy atom. The summed E-state index contributed by atoms with van der Waals surface area (Å²) in [6.07, 6.45) is 3.82. The fraction of sp³-hybridized carbons (Fsp3) is 0.462. The van der Waals surface area contributed by atoms with Crippen molar-refractivity contribution in [2.45, 2.75) is 31.6 Å². The zero-order valence-electron chi connectivity index (χ0n) is 8.57. The van der Waals surface area contributed by atoms with Gasteiger partial charge in [0.25, 0.3) is 0 Å². The minimum absolute atomic E-state index is 0.270.